The highest BCUT2D eigenvalue weighted by atomic mass is 127. The van der Waals surface area contributed by atoms with Gasteiger partial charge in [-0.3, -0.25) is 0 Å². The van der Waals surface area contributed by atoms with Gasteiger partial charge in [0.05, 0.1) is 15.6 Å². The zero-order valence-electron chi connectivity index (χ0n) is 5.87. The molecule has 0 aliphatic carbocycles. The maximum atomic E-state index is 5.97. The highest BCUT2D eigenvalue weighted by Crippen LogP contribution is 2.31. The van der Waals surface area contributed by atoms with E-state index in [4.69, 9.17) is 23.2 Å². The molecular weight excluding hydrogens is 308 g/mol. The lowest BCUT2D eigenvalue weighted by atomic mass is 10.2. The number of aromatic nitrogens is 1. The van der Waals surface area contributed by atoms with Gasteiger partial charge in [0.1, 0.15) is 0 Å². The van der Waals surface area contributed by atoms with Gasteiger partial charge >= 0.3 is 0 Å². The van der Waals surface area contributed by atoms with Crippen LogP contribution in [-0.4, -0.2) is 4.98 Å². The summed E-state index contributed by atoms with van der Waals surface area (Å²) in [6, 6.07) is 3.77. The van der Waals surface area contributed by atoms with Gasteiger partial charge in [0.15, 0.2) is 0 Å². The van der Waals surface area contributed by atoms with E-state index in [-0.39, 0.29) is 0 Å². The highest BCUT2D eigenvalue weighted by molar-refractivity contribution is 14.1. The van der Waals surface area contributed by atoms with Gasteiger partial charge in [0, 0.05) is 15.2 Å². The number of aromatic amines is 1. The fraction of sp³-hybridized carbons (Fsp3) is 0. The molecule has 62 valence electrons. The van der Waals surface area contributed by atoms with Gasteiger partial charge in [-0.1, -0.05) is 29.3 Å². The first-order valence-electron chi connectivity index (χ1n) is 3.30. The van der Waals surface area contributed by atoms with Crippen LogP contribution in [0.5, 0.6) is 0 Å². The Bertz CT molecular complexity index is 436. The van der Waals surface area contributed by atoms with Crippen LogP contribution in [0.2, 0.25) is 10.0 Å². The minimum atomic E-state index is 0.586. The molecule has 1 N–H and O–H groups in total. The van der Waals surface area contributed by atoms with E-state index in [1.807, 2.05) is 18.3 Å². The fourth-order valence-corrected chi connectivity index (χ4v) is 2.09. The van der Waals surface area contributed by atoms with Crippen LogP contribution in [-0.2, 0) is 0 Å². The molecule has 0 aliphatic rings. The Morgan fingerprint density at radius 3 is 2.75 bits per heavy atom. The van der Waals surface area contributed by atoms with E-state index >= 15 is 0 Å². The van der Waals surface area contributed by atoms with Crippen molar-refractivity contribution in [3.8, 4) is 0 Å². The van der Waals surface area contributed by atoms with E-state index in [2.05, 4.69) is 27.6 Å². The summed E-state index contributed by atoms with van der Waals surface area (Å²) < 4.78 is 1.15. The first kappa shape index (κ1) is 8.66. The average molecular weight is 312 g/mol. The van der Waals surface area contributed by atoms with Crippen molar-refractivity contribution in [3.63, 3.8) is 0 Å². The topological polar surface area (TPSA) is 15.8 Å². The summed E-state index contributed by atoms with van der Waals surface area (Å²) in [5, 5.41) is 2.30. The van der Waals surface area contributed by atoms with Gasteiger partial charge in [-0.15, -0.1) is 0 Å². The average Bonchev–Trinajstić information content (AvgIpc) is 2.41. The molecule has 12 heavy (non-hydrogen) atoms. The second-order valence-corrected chi connectivity index (χ2v) is 4.37. The number of H-pyrrole nitrogens is 1. The molecule has 2 aromatic rings. The molecule has 2 rings (SSSR count). The number of nitrogens with one attached hydrogen (secondary N) is 1. The summed E-state index contributed by atoms with van der Waals surface area (Å²) in [6.45, 7) is 0. The number of hydrogen-bond donors (Lipinski definition) is 1. The maximum absolute atomic E-state index is 5.97. The Labute approximate surface area is 93.2 Å². The van der Waals surface area contributed by atoms with Crippen molar-refractivity contribution in [2.24, 2.45) is 0 Å². The Balaban J connectivity index is 2.93. The number of benzene rings is 1. The molecule has 4 heteroatoms. The fourth-order valence-electron chi connectivity index (χ4n) is 1.10. The SMILES string of the molecule is Clc1ccc2c(I)c[nH]c2c1Cl. The van der Waals surface area contributed by atoms with Crippen molar-refractivity contribution in [2.45, 2.75) is 0 Å². The first-order chi connectivity index (χ1) is 5.70. The minimum absolute atomic E-state index is 0.586. The maximum Gasteiger partial charge on any atom is 0.0833 e. The quantitative estimate of drug-likeness (QED) is 0.706. The van der Waals surface area contributed by atoms with Gasteiger partial charge in [-0.25, -0.2) is 0 Å². The largest absolute Gasteiger partial charge is 0.359 e. The van der Waals surface area contributed by atoms with Crippen LogP contribution in [0.25, 0.3) is 10.9 Å². The Morgan fingerprint density at radius 2 is 2.00 bits per heavy atom. The molecular formula is C8H4Cl2IN. The lowest BCUT2D eigenvalue weighted by Gasteiger charge is -1.96. The van der Waals surface area contributed by atoms with E-state index in [9.17, 15) is 0 Å². The Kier molecular flexibility index (Phi) is 2.23. The third-order valence-corrected chi connectivity index (χ3v) is 3.39. The molecule has 0 amide bonds. The Hall–Kier alpha value is 0.0700. The van der Waals surface area contributed by atoms with Crippen LogP contribution in [0, 0.1) is 3.57 Å². The van der Waals surface area contributed by atoms with Crippen molar-refractivity contribution in [1.29, 1.82) is 0 Å². The summed E-state index contributed by atoms with van der Waals surface area (Å²) in [4.78, 5) is 3.07. The number of halogens is 3. The number of fused-ring (bicyclic) bond motifs is 1. The normalized spacial score (nSPS) is 10.9. The molecule has 0 saturated carbocycles. The lowest BCUT2D eigenvalue weighted by Crippen LogP contribution is -1.72. The van der Waals surface area contributed by atoms with Crippen LogP contribution in [0.4, 0.5) is 0 Å². The van der Waals surface area contributed by atoms with Crippen molar-refractivity contribution in [3.05, 3.63) is 31.9 Å². The van der Waals surface area contributed by atoms with E-state index in [0.29, 0.717) is 10.0 Å². The van der Waals surface area contributed by atoms with Crippen LogP contribution in [0.3, 0.4) is 0 Å². The molecule has 1 heterocycles. The van der Waals surface area contributed by atoms with E-state index in [0.717, 1.165) is 14.5 Å². The third kappa shape index (κ3) is 1.22. The summed E-state index contributed by atoms with van der Waals surface area (Å²) in [5.41, 5.74) is 0.911. The van der Waals surface area contributed by atoms with Gasteiger partial charge < -0.3 is 4.98 Å². The monoisotopic (exact) mass is 311 g/mol. The lowest BCUT2D eigenvalue weighted by molar-refractivity contribution is 1.47. The van der Waals surface area contributed by atoms with Crippen LogP contribution in [0.1, 0.15) is 0 Å². The molecule has 0 aliphatic heterocycles. The molecule has 0 saturated heterocycles. The second-order valence-electron chi connectivity index (χ2n) is 2.42. The van der Waals surface area contributed by atoms with Crippen molar-refractivity contribution >= 4 is 56.7 Å². The van der Waals surface area contributed by atoms with Gasteiger partial charge in [-0.2, -0.15) is 0 Å². The number of rotatable bonds is 0. The molecule has 1 aromatic carbocycles. The molecule has 1 nitrogen and oxygen atoms in total. The van der Waals surface area contributed by atoms with Gasteiger partial charge in [-0.05, 0) is 28.7 Å². The summed E-state index contributed by atoms with van der Waals surface area (Å²) in [6.07, 6.45) is 1.91. The van der Waals surface area contributed by atoms with E-state index in [1.54, 1.807) is 0 Å². The molecule has 0 unspecified atom stereocenters. The Morgan fingerprint density at radius 1 is 1.25 bits per heavy atom. The van der Waals surface area contributed by atoms with E-state index in [1.165, 1.54) is 0 Å². The molecule has 1 aromatic heterocycles. The van der Waals surface area contributed by atoms with E-state index < -0.39 is 0 Å². The smallest absolute Gasteiger partial charge is 0.0833 e. The van der Waals surface area contributed by atoms with Crippen LogP contribution >= 0.6 is 45.8 Å². The van der Waals surface area contributed by atoms with Crippen molar-refractivity contribution in [1.82, 2.24) is 4.98 Å². The second kappa shape index (κ2) is 3.09. The standard InChI is InChI=1S/C8H4Cl2IN/c9-5-2-1-4-6(11)3-12-8(4)7(5)10/h1-3,12H. The first-order valence-corrected chi connectivity index (χ1v) is 5.14. The van der Waals surface area contributed by atoms with Crippen molar-refractivity contribution < 1.29 is 0 Å². The molecule has 0 fully saturated rings. The highest BCUT2D eigenvalue weighted by Gasteiger charge is 2.06. The van der Waals surface area contributed by atoms with Gasteiger partial charge in [0.25, 0.3) is 0 Å². The predicted octanol–water partition coefficient (Wildman–Crippen LogP) is 4.08. The summed E-state index contributed by atoms with van der Waals surface area (Å²) >= 11 is 14.1. The van der Waals surface area contributed by atoms with Crippen molar-refractivity contribution in [2.75, 3.05) is 0 Å². The summed E-state index contributed by atoms with van der Waals surface area (Å²) in [5.74, 6) is 0. The minimum Gasteiger partial charge on any atom is -0.359 e. The molecule has 0 radical (unpaired) electrons. The molecule has 0 spiro atoms. The van der Waals surface area contributed by atoms with Gasteiger partial charge in [0.2, 0.25) is 0 Å². The zero-order valence-corrected chi connectivity index (χ0v) is 9.54. The molecule has 0 atom stereocenters. The third-order valence-electron chi connectivity index (χ3n) is 1.70. The zero-order chi connectivity index (χ0) is 8.72. The van der Waals surface area contributed by atoms with Crippen LogP contribution in [0.15, 0.2) is 18.3 Å². The summed E-state index contributed by atoms with van der Waals surface area (Å²) in [7, 11) is 0. The van der Waals surface area contributed by atoms with Crippen LogP contribution < -0.4 is 0 Å². The number of hydrogen-bond acceptors (Lipinski definition) is 0. The predicted molar refractivity (Wildman–Crippen MR) is 61.0 cm³/mol. The molecule has 0 bridgehead atoms.